The fraction of sp³-hybridized carbons (Fsp3) is 0.250. The zero-order valence-electron chi connectivity index (χ0n) is 15.1. The molecule has 2 atom stereocenters. The largest absolute Gasteiger partial charge is 0.477 e. The number of rotatable bonds is 2. The topological polar surface area (TPSA) is 87.7 Å². The Balaban J connectivity index is 1.73. The van der Waals surface area contributed by atoms with Gasteiger partial charge in [0.15, 0.2) is 6.10 Å². The Bertz CT molecular complexity index is 978. The van der Waals surface area contributed by atoms with Crippen molar-refractivity contribution >= 4 is 29.1 Å². The van der Waals surface area contributed by atoms with Crippen LogP contribution in [0.15, 0.2) is 42.5 Å². The number of para-hydroxylation sites is 2. The van der Waals surface area contributed by atoms with E-state index in [9.17, 15) is 18.8 Å². The minimum Gasteiger partial charge on any atom is -0.477 e. The maximum atomic E-state index is 13.6. The number of benzene rings is 2. The van der Waals surface area contributed by atoms with Crippen LogP contribution in [0, 0.1) is 5.82 Å². The number of carbonyl (C=O) groups is 3. The summed E-state index contributed by atoms with van der Waals surface area (Å²) < 4.78 is 19.3. The van der Waals surface area contributed by atoms with Crippen LogP contribution in [0.1, 0.15) is 17.9 Å². The number of halogens is 1. The second-order valence-corrected chi connectivity index (χ2v) is 6.67. The molecule has 2 aliphatic heterocycles. The minimum atomic E-state index is -0.867. The number of anilines is 2. The second kappa shape index (κ2) is 6.95. The average molecular weight is 383 g/mol. The van der Waals surface area contributed by atoms with E-state index in [1.165, 1.54) is 30.1 Å². The monoisotopic (exact) mass is 383 g/mol. The molecule has 2 aliphatic rings. The molecular formula is C20H18FN3O4. The SMILES string of the molecule is CNC(=O)C1CN(C(=O)C2CC(=O)Nc3cc(F)ccc32)c2ccccc2O1. The molecule has 0 bridgehead atoms. The van der Waals surface area contributed by atoms with E-state index in [0.29, 0.717) is 22.7 Å². The molecule has 4 rings (SSSR count). The van der Waals surface area contributed by atoms with Gasteiger partial charge in [-0.1, -0.05) is 18.2 Å². The first-order valence-electron chi connectivity index (χ1n) is 8.86. The summed E-state index contributed by atoms with van der Waals surface area (Å²) in [5, 5.41) is 5.13. The molecule has 0 spiro atoms. The van der Waals surface area contributed by atoms with Crippen molar-refractivity contribution in [3.05, 3.63) is 53.8 Å². The van der Waals surface area contributed by atoms with E-state index in [1.54, 1.807) is 24.3 Å². The zero-order valence-corrected chi connectivity index (χ0v) is 15.1. The molecule has 2 heterocycles. The molecule has 0 aromatic heterocycles. The van der Waals surface area contributed by atoms with E-state index in [0.717, 1.165) is 0 Å². The van der Waals surface area contributed by atoms with Gasteiger partial charge in [-0.2, -0.15) is 0 Å². The van der Waals surface area contributed by atoms with E-state index in [-0.39, 0.29) is 30.7 Å². The predicted molar refractivity (Wildman–Crippen MR) is 99.7 cm³/mol. The highest BCUT2D eigenvalue weighted by Crippen LogP contribution is 2.39. The third kappa shape index (κ3) is 3.06. The Labute approximate surface area is 160 Å². The number of nitrogens with zero attached hydrogens (tertiary/aromatic N) is 1. The Kier molecular flexibility index (Phi) is 4.46. The molecule has 8 heteroatoms. The normalized spacial score (nSPS) is 20.4. The zero-order chi connectivity index (χ0) is 19.8. The van der Waals surface area contributed by atoms with Gasteiger partial charge in [0.2, 0.25) is 11.8 Å². The number of carbonyl (C=O) groups excluding carboxylic acids is 3. The molecule has 144 valence electrons. The van der Waals surface area contributed by atoms with Crippen molar-refractivity contribution in [3.8, 4) is 5.75 Å². The molecule has 2 unspecified atom stereocenters. The van der Waals surface area contributed by atoms with Crippen molar-refractivity contribution in [2.75, 3.05) is 23.8 Å². The number of likely N-dealkylation sites (N-methyl/N-ethyl adjacent to an activating group) is 1. The minimum absolute atomic E-state index is 0.0180. The average Bonchev–Trinajstić information content (AvgIpc) is 2.70. The van der Waals surface area contributed by atoms with E-state index in [2.05, 4.69) is 10.6 Å². The summed E-state index contributed by atoms with van der Waals surface area (Å²) in [7, 11) is 1.49. The Morgan fingerprint density at radius 3 is 2.82 bits per heavy atom. The van der Waals surface area contributed by atoms with Crippen LogP contribution in [0.25, 0.3) is 0 Å². The highest BCUT2D eigenvalue weighted by Gasteiger charge is 2.39. The summed E-state index contributed by atoms with van der Waals surface area (Å²) in [5.74, 6) is -1.91. The molecule has 28 heavy (non-hydrogen) atoms. The van der Waals surface area contributed by atoms with E-state index in [4.69, 9.17) is 4.74 Å². The van der Waals surface area contributed by atoms with Crippen molar-refractivity contribution in [3.63, 3.8) is 0 Å². The van der Waals surface area contributed by atoms with Gasteiger partial charge in [0, 0.05) is 19.2 Å². The standard InChI is InChI=1S/C20H18FN3O4/c1-22-19(26)17-10-24(15-4-2-3-5-16(15)28-17)20(27)13-9-18(25)23-14-8-11(21)6-7-12(13)14/h2-8,13,17H,9-10H2,1H3,(H,22,26)(H,23,25). The van der Waals surface area contributed by atoms with Gasteiger partial charge in [-0.05, 0) is 29.8 Å². The quantitative estimate of drug-likeness (QED) is 0.828. The van der Waals surface area contributed by atoms with Crippen LogP contribution in [0.2, 0.25) is 0 Å². The van der Waals surface area contributed by atoms with Crippen LogP contribution < -0.4 is 20.3 Å². The number of nitrogens with one attached hydrogen (secondary N) is 2. The fourth-order valence-corrected chi connectivity index (χ4v) is 3.59. The number of hydrogen-bond donors (Lipinski definition) is 2. The predicted octanol–water partition coefficient (Wildman–Crippen LogP) is 1.79. The van der Waals surface area contributed by atoms with Crippen molar-refractivity contribution in [2.24, 2.45) is 0 Å². The van der Waals surface area contributed by atoms with Crippen molar-refractivity contribution in [2.45, 2.75) is 18.4 Å². The lowest BCUT2D eigenvalue weighted by molar-refractivity contribution is -0.128. The lowest BCUT2D eigenvalue weighted by Gasteiger charge is -2.37. The van der Waals surface area contributed by atoms with Crippen LogP contribution in [-0.2, 0) is 14.4 Å². The van der Waals surface area contributed by atoms with E-state index < -0.39 is 17.8 Å². The molecule has 0 aliphatic carbocycles. The Hall–Kier alpha value is -3.42. The summed E-state index contributed by atoms with van der Waals surface area (Å²) in [6.45, 7) is 0.0180. The highest BCUT2D eigenvalue weighted by atomic mass is 19.1. The van der Waals surface area contributed by atoms with Crippen LogP contribution in [0.4, 0.5) is 15.8 Å². The van der Waals surface area contributed by atoms with Crippen molar-refractivity contribution in [1.29, 1.82) is 0 Å². The summed E-state index contributed by atoms with van der Waals surface area (Å²) in [6.07, 6.45) is -0.921. The molecule has 0 saturated heterocycles. The molecule has 0 saturated carbocycles. The summed E-state index contributed by atoms with van der Waals surface area (Å²) >= 11 is 0. The fourth-order valence-electron chi connectivity index (χ4n) is 3.59. The van der Waals surface area contributed by atoms with Gasteiger partial charge >= 0.3 is 0 Å². The van der Waals surface area contributed by atoms with Crippen LogP contribution in [0.5, 0.6) is 5.75 Å². The third-order valence-electron chi connectivity index (χ3n) is 4.93. The maximum Gasteiger partial charge on any atom is 0.262 e. The third-order valence-corrected chi connectivity index (χ3v) is 4.93. The van der Waals surface area contributed by atoms with Gasteiger partial charge in [-0.25, -0.2) is 4.39 Å². The molecule has 0 radical (unpaired) electrons. The van der Waals surface area contributed by atoms with Gasteiger partial charge in [0.05, 0.1) is 18.2 Å². The summed E-state index contributed by atoms with van der Waals surface area (Å²) in [4.78, 5) is 39.1. The maximum absolute atomic E-state index is 13.6. The molecule has 2 N–H and O–H groups in total. The number of ether oxygens (including phenoxy) is 1. The number of hydrogen-bond acceptors (Lipinski definition) is 4. The van der Waals surface area contributed by atoms with Crippen LogP contribution in [0.3, 0.4) is 0 Å². The van der Waals surface area contributed by atoms with E-state index in [1.807, 2.05) is 0 Å². The van der Waals surface area contributed by atoms with Gasteiger partial charge < -0.3 is 20.3 Å². The summed E-state index contributed by atoms with van der Waals surface area (Å²) in [6, 6.07) is 10.9. The highest BCUT2D eigenvalue weighted by molar-refractivity contribution is 6.07. The van der Waals surface area contributed by atoms with Gasteiger partial charge in [0.25, 0.3) is 5.91 Å². The first kappa shape index (κ1) is 18.0. The molecule has 0 fully saturated rings. The molecule has 2 aromatic rings. The Morgan fingerprint density at radius 2 is 2.04 bits per heavy atom. The molecule has 2 aromatic carbocycles. The molecule has 7 nitrogen and oxygen atoms in total. The van der Waals surface area contributed by atoms with Crippen LogP contribution >= 0.6 is 0 Å². The van der Waals surface area contributed by atoms with Crippen molar-refractivity contribution < 1.29 is 23.5 Å². The van der Waals surface area contributed by atoms with Gasteiger partial charge in [0.1, 0.15) is 11.6 Å². The molecule has 3 amide bonds. The van der Waals surface area contributed by atoms with Crippen LogP contribution in [-0.4, -0.2) is 37.4 Å². The van der Waals surface area contributed by atoms with Gasteiger partial charge in [-0.3, -0.25) is 14.4 Å². The summed E-state index contributed by atoms with van der Waals surface area (Å²) in [5.41, 5.74) is 1.37. The lowest BCUT2D eigenvalue weighted by atomic mass is 9.88. The van der Waals surface area contributed by atoms with E-state index >= 15 is 0 Å². The second-order valence-electron chi connectivity index (χ2n) is 6.67. The number of fused-ring (bicyclic) bond motifs is 2. The first-order chi connectivity index (χ1) is 13.5. The Morgan fingerprint density at radius 1 is 1.25 bits per heavy atom. The van der Waals surface area contributed by atoms with Crippen molar-refractivity contribution in [1.82, 2.24) is 5.32 Å². The molecular weight excluding hydrogens is 365 g/mol. The number of amides is 3. The van der Waals surface area contributed by atoms with Gasteiger partial charge in [-0.15, -0.1) is 0 Å². The smallest absolute Gasteiger partial charge is 0.262 e. The lowest BCUT2D eigenvalue weighted by Crippen LogP contribution is -2.51. The first-order valence-corrected chi connectivity index (χ1v) is 8.86.